The van der Waals surface area contributed by atoms with Gasteiger partial charge >= 0.3 is 0 Å². The van der Waals surface area contributed by atoms with Crippen molar-refractivity contribution >= 4 is 10.0 Å². The maximum atomic E-state index is 13.3. The van der Waals surface area contributed by atoms with Crippen LogP contribution in [0, 0.1) is 0 Å². The molecule has 1 saturated heterocycles. The van der Waals surface area contributed by atoms with Gasteiger partial charge in [-0.1, -0.05) is 43.3 Å². The smallest absolute Gasteiger partial charge is 0.243 e. The van der Waals surface area contributed by atoms with Crippen molar-refractivity contribution in [3.05, 3.63) is 53.9 Å². The predicted octanol–water partition coefficient (Wildman–Crippen LogP) is 4.20. The average molecular weight is 470 g/mol. The van der Waals surface area contributed by atoms with Crippen molar-refractivity contribution in [3.63, 3.8) is 0 Å². The number of aromatic nitrogens is 2. The Bertz CT molecular complexity index is 1240. The molecule has 3 heterocycles. The first-order valence-electron chi connectivity index (χ1n) is 11.3. The van der Waals surface area contributed by atoms with Gasteiger partial charge in [-0.05, 0) is 36.5 Å². The van der Waals surface area contributed by atoms with Gasteiger partial charge in [-0.3, -0.25) is 0 Å². The monoisotopic (exact) mass is 469 g/mol. The molecule has 0 amide bonds. The van der Waals surface area contributed by atoms with Crippen molar-refractivity contribution < 1.29 is 22.4 Å². The molecule has 0 aliphatic carbocycles. The zero-order chi connectivity index (χ0) is 23.0. The fourth-order valence-corrected chi connectivity index (χ4v) is 5.77. The molecular formula is C24H27N3O5S. The van der Waals surface area contributed by atoms with Gasteiger partial charge in [0.1, 0.15) is 13.2 Å². The van der Waals surface area contributed by atoms with Gasteiger partial charge in [0.25, 0.3) is 0 Å². The molecule has 0 N–H and O–H groups in total. The molecule has 0 saturated carbocycles. The standard InChI is InChI=1S/C24H27N3O5S/c1-16(2)17-5-7-18(8-6-17)23-25-24(32-26-23)19-4-3-11-27(15-19)33(28,29)20-9-10-21-22(14-20)31-13-12-30-21/h5-10,14,16,19H,3-4,11-13,15H2,1-2H3/t19-/m0/s1. The first-order valence-corrected chi connectivity index (χ1v) is 12.7. The van der Waals surface area contributed by atoms with Crippen LogP contribution >= 0.6 is 0 Å². The SMILES string of the molecule is CC(C)c1ccc(-c2noc([C@H]3CCCN(S(=O)(=O)c4ccc5c(c4)OCCO5)C3)n2)cc1. The fraction of sp³-hybridized carbons (Fsp3) is 0.417. The van der Waals surface area contributed by atoms with Crippen LogP contribution in [0.5, 0.6) is 11.5 Å². The van der Waals surface area contributed by atoms with E-state index in [1.807, 2.05) is 12.1 Å². The van der Waals surface area contributed by atoms with Crippen molar-refractivity contribution in [2.45, 2.75) is 43.4 Å². The Kier molecular flexibility index (Phi) is 5.84. The summed E-state index contributed by atoms with van der Waals surface area (Å²) in [5.74, 6) is 2.32. The van der Waals surface area contributed by atoms with Gasteiger partial charge in [0.15, 0.2) is 11.5 Å². The second-order valence-electron chi connectivity index (χ2n) is 8.74. The lowest BCUT2D eigenvalue weighted by molar-refractivity contribution is 0.171. The van der Waals surface area contributed by atoms with E-state index in [0.29, 0.717) is 55.4 Å². The second kappa shape index (κ2) is 8.79. The fourth-order valence-electron chi connectivity index (χ4n) is 4.23. The topological polar surface area (TPSA) is 94.8 Å². The molecule has 9 heteroatoms. The van der Waals surface area contributed by atoms with Gasteiger partial charge in [0.05, 0.1) is 10.8 Å². The summed E-state index contributed by atoms with van der Waals surface area (Å²) in [5, 5.41) is 4.15. The lowest BCUT2D eigenvalue weighted by Crippen LogP contribution is -2.39. The van der Waals surface area contributed by atoms with E-state index in [1.165, 1.54) is 9.87 Å². The maximum absolute atomic E-state index is 13.3. The van der Waals surface area contributed by atoms with Crippen molar-refractivity contribution in [2.75, 3.05) is 26.3 Å². The summed E-state index contributed by atoms with van der Waals surface area (Å²) in [6.45, 7) is 5.91. The Morgan fingerprint density at radius 3 is 2.55 bits per heavy atom. The van der Waals surface area contributed by atoms with Gasteiger partial charge in [-0.15, -0.1) is 0 Å². The predicted molar refractivity (Wildman–Crippen MR) is 122 cm³/mol. The average Bonchev–Trinajstić information content (AvgIpc) is 3.34. The highest BCUT2D eigenvalue weighted by Gasteiger charge is 2.34. The highest BCUT2D eigenvalue weighted by atomic mass is 32.2. The van der Waals surface area contributed by atoms with Crippen LogP contribution in [-0.4, -0.2) is 49.2 Å². The number of rotatable bonds is 5. The van der Waals surface area contributed by atoms with E-state index < -0.39 is 10.0 Å². The number of ether oxygens (including phenoxy) is 2. The van der Waals surface area contributed by atoms with E-state index >= 15 is 0 Å². The highest BCUT2D eigenvalue weighted by Crippen LogP contribution is 2.35. The summed E-state index contributed by atoms with van der Waals surface area (Å²) < 4.78 is 44.8. The number of benzene rings is 2. The zero-order valence-corrected chi connectivity index (χ0v) is 19.5. The van der Waals surface area contributed by atoms with Crippen molar-refractivity contribution in [1.29, 1.82) is 0 Å². The molecular weight excluding hydrogens is 442 g/mol. The minimum Gasteiger partial charge on any atom is -0.486 e. The molecule has 0 unspecified atom stereocenters. The van der Waals surface area contributed by atoms with Crippen molar-refractivity contribution in [3.8, 4) is 22.9 Å². The summed E-state index contributed by atoms with van der Waals surface area (Å²) in [7, 11) is -3.69. The van der Waals surface area contributed by atoms with Crippen LogP contribution in [0.4, 0.5) is 0 Å². The number of nitrogens with zero attached hydrogens (tertiary/aromatic N) is 3. The quantitative estimate of drug-likeness (QED) is 0.553. The molecule has 2 aliphatic heterocycles. The highest BCUT2D eigenvalue weighted by molar-refractivity contribution is 7.89. The molecule has 0 spiro atoms. The number of piperidine rings is 1. The largest absolute Gasteiger partial charge is 0.486 e. The molecule has 1 fully saturated rings. The third-order valence-corrected chi connectivity index (χ3v) is 8.02. The summed E-state index contributed by atoms with van der Waals surface area (Å²) in [6.07, 6.45) is 1.51. The Morgan fingerprint density at radius 1 is 1.03 bits per heavy atom. The van der Waals surface area contributed by atoms with Crippen LogP contribution < -0.4 is 9.47 Å². The van der Waals surface area contributed by atoms with Crippen LogP contribution in [0.3, 0.4) is 0 Å². The molecule has 0 radical (unpaired) electrons. The van der Waals surface area contributed by atoms with Crippen LogP contribution in [0.15, 0.2) is 51.9 Å². The molecule has 2 aliphatic rings. The van der Waals surface area contributed by atoms with Gasteiger partial charge in [-0.2, -0.15) is 9.29 Å². The van der Waals surface area contributed by atoms with Gasteiger partial charge < -0.3 is 14.0 Å². The maximum Gasteiger partial charge on any atom is 0.243 e. The Hall–Kier alpha value is -2.91. The normalized spacial score (nSPS) is 19.1. The molecule has 33 heavy (non-hydrogen) atoms. The van der Waals surface area contributed by atoms with E-state index in [2.05, 4.69) is 36.1 Å². The van der Waals surface area contributed by atoms with Crippen molar-refractivity contribution in [1.82, 2.24) is 14.4 Å². The molecule has 0 bridgehead atoms. The molecule has 2 aromatic carbocycles. The molecule has 1 atom stereocenters. The van der Waals surface area contributed by atoms with E-state index in [9.17, 15) is 8.42 Å². The van der Waals surface area contributed by atoms with Crippen molar-refractivity contribution in [2.24, 2.45) is 0 Å². The van der Waals surface area contributed by atoms with Gasteiger partial charge in [0, 0.05) is 24.7 Å². The van der Waals surface area contributed by atoms with Crippen LogP contribution in [0.2, 0.25) is 0 Å². The molecule has 8 nitrogen and oxygen atoms in total. The lowest BCUT2D eigenvalue weighted by Gasteiger charge is -2.30. The molecule has 174 valence electrons. The first kappa shape index (κ1) is 21.9. The minimum atomic E-state index is -3.69. The van der Waals surface area contributed by atoms with E-state index in [4.69, 9.17) is 14.0 Å². The van der Waals surface area contributed by atoms with Crippen LogP contribution in [0.1, 0.15) is 50.0 Å². The molecule has 5 rings (SSSR count). The molecule has 1 aromatic heterocycles. The summed E-state index contributed by atoms with van der Waals surface area (Å²) in [6, 6.07) is 12.9. The van der Waals surface area contributed by atoms with E-state index in [1.54, 1.807) is 18.2 Å². The lowest BCUT2D eigenvalue weighted by atomic mass is 9.99. The first-order chi connectivity index (χ1) is 15.9. The third-order valence-electron chi connectivity index (χ3n) is 6.16. The summed E-state index contributed by atoms with van der Waals surface area (Å²) in [4.78, 5) is 4.79. The summed E-state index contributed by atoms with van der Waals surface area (Å²) >= 11 is 0. The number of fused-ring (bicyclic) bond motifs is 1. The number of hydrogen-bond acceptors (Lipinski definition) is 7. The number of hydrogen-bond donors (Lipinski definition) is 0. The van der Waals surface area contributed by atoms with Crippen LogP contribution in [0.25, 0.3) is 11.4 Å². The van der Waals surface area contributed by atoms with E-state index in [-0.39, 0.29) is 10.8 Å². The molecule has 3 aromatic rings. The Labute approximate surface area is 193 Å². The summed E-state index contributed by atoms with van der Waals surface area (Å²) in [5.41, 5.74) is 2.13. The third kappa shape index (κ3) is 4.35. The Morgan fingerprint density at radius 2 is 1.79 bits per heavy atom. The Balaban J connectivity index is 1.34. The van der Waals surface area contributed by atoms with E-state index in [0.717, 1.165) is 18.4 Å². The van der Waals surface area contributed by atoms with Crippen LogP contribution in [-0.2, 0) is 10.0 Å². The minimum absolute atomic E-state index is 0.151. The van der Waals surface area contributed by atoms with Gasteiger partial charge in [0.2, 0.25) is 21.7 Å². The second-order valence-corrected chi connectivity index (χ2v) is 10.7. The van der Waals surface area contributed by atoms with Gasteiger partial charge in [-0.25, -0.2) is 8.42 Å². The zero-order valence-electron chi connectivity index (χ0n) is 18.7. The number of sulfonamides is 1.